The van der Waals surface area contributed by atoms with E-state index >= 15 is 0 Å². The summed E-state index contributed by atoms with van der Waals surface area (Å²) in [6.45, 7) is 3.98. The SMILES string of the molecule is CCn1c(=O)oc2cc(S(=O)(=O)Nc3ccccc3C)c(Cl)cc21. The Balaban J connectivity index is 2.13. The molecule has 1 aromatic heterocycles. The van der Waals surface area contributed by atoms with Gasteiger partial charge in [-0.2, -0.15) is 0 Å². The Hall–Kier alpha value is -2.25. The third-order valence-electron chi connectivity index (χ3n) is 3.72. The molecule has 3 rings (SSSR count). The minimum absolute atomic E-state index is 0.0200. The second-order valence-corrected chi connectivity index (χ2v) is 7.34. The summed E-state index contributed by atoms with van der Waals surface area (Å²) in [5.74, 6) is -0.551. The van der Waals surface area contributed by atoms with E-state index in [4.69, 9.17) is 16.0 Å². The third-order valence-corrected chi connectivity index (χ3v) is 5.55. The molecule has 0 amide bonds. The van der Waals surface area contributed by atoms with E-state index in [9.17, 15) is 13.2 Å². The summed E-state index contributed by atoms with van der Waals surface area (Å²) in [4.78, 5) is 11.6. The van der Waals surface area contributed by atoms with Crippen LogP contribution in [0.2, 0.25) is 5.02 Å². The van der Waals surface area contributed by atoms with E-state index in [0.29, 0.717) is 17.7 Å². The van der Waals surface area contributed by atoms with E-state index in [1.54, 1.807) is 32.0 Å². The molecule has 0 aliphatic rings. The highest BCUT2D eigenvalue weighted by Crippen LogP contribution is 2.29. The Morgan fingerprint density at radius 1 is 1.25 bits per heavy atom. The Kier molecular flexibility index (Phi) is 4.15. The van der Waals surface area contributed by atoms with Crippen molar-refractivity contribution in [1.82, 2.24) is 4.57 Å². The summed E-state index contributed by atoms with van der Waals surface area (Å²) in [5, 5.41) is 0.0200. The first-order valence-corrected chi connectivity index (χ1v) is 9.11. The number of para-hydroxylation sites is 1. The maximum absolute atomic E-state index is 12.7. The molecule has 0 spiro atoms. The van der Waals surface area contributed by atoms with Gasteiger partial charge >= 0.3 is 5.76 Å². The van der Waals surface area contributed by atoms with Gasteiger partial charge in [0, 0.05) is 12.6 Å². The number of aromatic nitrogens is 1. The van der Waals surface area contributed by atoms with Crippen molar-refractivity contribution < 1.29 is 12.8 Å². The fourth-order valence-corrected chi connectivity index (χ4v) is 4.13. The third kappa shape index (κ3) is 2.81. The molecule has 6 nitrogen and oxygen atoms in total. The smallest absolute Gasteiger partial charge is 0.408 e. The van der Waals surface area contributed by atoms with Crippen LogP contribution >= 0.6 is 11.6 Å². The van der Waals surface area contributed by atoms with Gasteiger partial charge in [-0.1, -0.05) is 29.8 Å². The summed E-state index contributed by atoms with van der Waals surface area (Å²) in [6, 6.07) is 9.70. The molecule has 3 aromatic rings. The van der Waals surface area contributed by atoms with Gasteiger partial charge in [0.05, 0.1) is 16.2 Å². The second kappa shape index (κ2) is 5.99. The number of nitrogens with zero attached hydrogens (tertiary/aromatic N) is 1. The molecule has 1 heterocycles. The quantitative estimate of drug-likeness (QED) is 0.767. The van der Waals surface area contributed by atoms with E-state index < -0.39 is 15.8 Å². The normalized spacial score (nSPS) is 11.8. The van der Waals surface area contributed by atoms with Crippen molar-refractivity contribution in [2.24, 2.45) is 0 Å². The van der Waals surface area contributed by atoms with Crippen molar-refractivity contribution in [3.8, 4) is 0 Å². The van der Waals surface area contributed by atoms with Crippen LogP contribution in [0, 0.1) is 6.92 Å². The molecule has 8 heteroatoms. The maximum atomic E-state index is 12.7. The average Bonchev–Trinajstić information content (AvgIpc) is 2.83. The number of rotatable bonds is 4. The fourth-order valence-electron chi connectivity index (χ4n) is 2.46. The van der Waals surface area contributed by atoms with E-state index in [2.05, 4.69) is 4.72 Å². The molecule has 24 heavy (non-hydrogen) atoms. The monoisotopic (exact) mass is 366 g/mol. The first kappa shape index (κ1) is 16.6. The highest BCUT2D eigenvalue weighted by Gasteiger charge is 2.22. The Morgan fingerprint density at radius 3 is 2.62 bits per heavy atom. The molecule has 2 aromatic carbocycles. The first-order chi connectivity index (χ1) is 11.3. The predicted octanol–water partition coefficient (Wildman–Crippen LogP) is 3.38. The Morgan fingerprint density at radius 2 is 1.96 bits per heavy atom. The van der Waals surface area contributed by atoms with E-state index in [0.717, 1.165) is 5.56 Å². The van der Waals surface area contributed by atoms with Crippen molar-refractivity contribution in [3.05, 3.63) is 57.5 Å². The number of sulfonamides is 1. The van der Waals surface area contributed by atoms with E-state index in [-0.39, 0.29) is 15.5 Å². The molecule has 0 saturated heterocycles. The summed E-state index contributed by atoms with van der Waals surface area (Å²) >= 11 is 6.16. The summed E-state index contributed by atoms with van der Waals surface area (Å²) in [6.07, 6.45) is 0. The Labute approximate surface area is 143 Å². The summed E-state index contributed by atoms with van der Waals surface area (Å²) in [5.41, 5.74) is 1.88. The molecule has 0 saturated carbocycles. The number of hydrogen-bond donors (Lipinski definition) is 1. The molecule has 126 valence electrons. The first-order valence-electron chi connectivity index (χ1n) is 7.25. The summed E-state index contributed by atoms with van der Waals surface area (Å²) in [7, 11) is -3.92. The van der Waals surface area contributed by atoms with Crippen molar-refractivity contribution in [2.45, 2.75) is 25.3 Å². The van der Waals surface area contributed by atoms with Crippen molar-refractivity contribution in [1.29, 1.82) is 0 Å². The molecule has 0 aliphatic heterocycles. The van der Waals surface area contributed by atoms with Gasteiger partial charge in [0.2, 0.25) is 0 Å². The zero-order chi connectivity index (χ0) is 17.5. The second-order valence-electron chi connectivity index (χ2n) is 5.28. The molecular weight excluding hydrogens is 352 g/mol. The van der Waals surface area contributed by atoms with Crippen LogP contribution in [0.5, 0.6) is 0 Å². The zero-order valence-corrected chi connectivity index (χ0v) is 14.6. The fraction of sp³-hybridized carbons (Fsp3) is 0.188. The number of halogens is 1. The van der Waals surface area contributed by atoms with Crippen LogP contribution in [0.15, 0.2) is 50.5 Å². The van der Waals surface area contributed by atoms with Crippen LogP contribution in [0.3, 0.4) is 0 Å². The zero-order valence-electron chi connectivity index (χ0n) is 13.0. The topological polar surface area (TPSA) is 81.3 Å². The molecule has 1 N–H and O–H groups in total. The van der Waals surface area contributed by atoms with E-state index in [1.807, 2.05) is 6.07 Å². The predicted molar refractivity (Wildman–Crippen MR) is 93.1 cm³/mol. The van der Waals surface area contributed by atoms with Gasteiger partial charge in [0.15, 0.2) is 5.58 Å². The molecule has 0 atom stereocenters. The van der Waals surface area contributed by atoms with Crippen LogP contribution in [-0.4, -0.2) is 13.0 Å². The largest absolute Gasteiger partial charge is 0.419 e. The molecular formula is C16H15ClN2O4S. The van der Waals surface area contributed by atoms with Gasteiger partial charge in [0.25, 0.3) is 10.0 Å². The highest BCUT2D eigenvalue weighted by atomic mass is 35.5. The number of hydrogen-bond acceptors (Lipinski definition) is 4. The lowest BCUT2D eigenvalue weighted by molar-refractivity contribution is 0.512. The molecule has 0 bridgehead atoms. The van der Waals surface area contributed by atoms with Gasteiger partial charge in [-0.15, -0.1) is 0 Å². The maximum Gasteiger partial charge on any atom is 0.419 e. The lowest BCUT2D eigenvalue weighted by Crippen LogP contribution is -2.14. The minimum atomic E-state index is -3.92. The number of nitrogens with one attached hydrogen (secondary N) is 1. The number of anilines is 1. The molecule has 0 aliphatic carbocycles. The van der Waals surface area contributed by atoms with Gasteiger partial charge in [-0.25, -0.2) is 13.2 Å². The van der Waals surface area contributed by atoms with Crippen LogP contribution in [0.4, 0.5) is 5.69 Å². The van der Waals surface area contributed by atoms with Crippen molar-refractivity contribution in [2.75, 3.05) is 4.72 Å². The van der Waals surface area contributed by atoms with Gasteiger partial charge in [-0.3, -0.25) is 9.29 Å². The lowest BCUT2D eigenvalue weighted by atomic mass is 10.2. The lowest BCUT2D eigenvalue weighted by Gasteiger charge is -2.11. The standard InChI is InChI=1S/C16H15ClN2O4S/c1-3-19-13-8-11(17)15(9-14(13)23-16(19)20)24(21,22)18-12-7-5-4-6-10(12)2/h4-9,18H,3H2,1-2H3. The number of fused-ring (bicyclic) bond motifs is 1. The number of benzene rings is 2. The van der Waals surface area contributed by atoms with Crippen molar-refractivity contribution >= 4 is 38.4 Å². The van der Waals surface area contributed by atoms with Gasteiger partial charge in [-0.05, 0) is 31.5 Å². The van der Waals surface area contributed by atoms with Crippen molar-refractivity contribution in [3.63, 3.8) is 0 Å². The van der Waals surface area contributed by atoms with Crippen LogP contribution in [0.25, 0.3) is 11.1 Å². The molecule has 0 radical (unpaired) electrons. The number of aryl methyl sites for hydroxylation is 2. The van der Waals surface area contributed by atoms with Gasteiger partial charge < -0.3 is 4.42 Å². The van der Waals surface area contributed by atoms with Gasteiger partial charge in [0.1, 0.15) is 4.90 Å². The average molecular weight is 367 g/mol. The van der Waals surface area contributed by atoms with Crippen LogP contribution in [0.1, 0.15) is 12.5 Å². The highest BCUT2D eigenvalue weighted by molar-refractivity contribution is 7.92. The van der Waals surface area contributed by atoms with Crippen LogP contribution in [-0.2, 0) is 16.6 Å². The van der Waals surface area contributed by atoms with E-state index in [1.165, 1.54) is 16.7 Å². The van der Waals surface area contributed by atoms with Crippen LogP contribution < -0.4 is 10.5 Å². The Bertz CT molecular complexity index is 1080. The summed E-state index contributed by atoms with van der Waals surface area (Å²) < 4.78 is 34.3. The molecule has 0 fully saturated rings. The minimum Gasteiger partial charge on any atom is -0.408 e. The number of oxazole rings is 1. The molecule has 0 unspecified atom stereocenters.